The Labute approximate surface area is 120 Å². The molecule has 0 aromatic heterocycles. The van der Waals surface area contributed by atoms with E-state index in [2.05, 4.69) is 19.2 Å². The fourth-order valence-electron chi connectivity index (χ4n) is 2.72. The molecular weight excluding hydrogens is 252 g/mol. The van der Waals surface area contributed by atoms with Crippen molar-refractivity contribution in [2.75, 3.05) is 12.3 Å². The van der Waals surface area contributed by atoms with Crippen LogP contribution in [0.3, 0.4) is 0 Å². The Balaban J connectivity index is 2.05. The van der Waals surface area contributed by atoms with Gasteiger partial charge in [0.15, 0.2) is 0 Å². The molecule has 0 spiro atoms. The van der Waals surface area contributed by atoms with Crippen molar-refractivity contribution >= 4 is 11.6 Å². The highest BCUT2D eigenvalue weighted by Crippen LogP contribution is 2.42. The topological polar surface area (TPSA) is 64.3 Å². The summed E-state index contributed by atoms with van der Waals surface area (Å²) in [5, 5.41) is 3.08. The first-order chi connectivity index (χ1) is 9.36. The molecular formula is C16H24N2O2. The maximum atomic E-state index is 12.3. The molecule has 4 nitrogen and oxygen atoms in total. The molecule has 1 aromatic carbocycles. The number of amides is 1. The van der Waals surface area contributed by atoms with Crippen LogP contribution in [-0.2, 0) is 4.74 Å². The summed E-state index contributed by atoms with van der Waals surface area (Å²) >= 11 is 0. The molecule has 2 rings (SSSR count). The molecule has 110 valence electrons. The summed E-state index contributed by atoms with van der Waals surface area (Å²) in [5.74, 6) is -0.0979. The van der Waals surface area contributed by atoms with Gasteiger partial charge in [-0.2, -0.15) is 0 Å². The van der Waals surface area contributed by atoms with Crippen LogP contribution in [0.15, 0.2) is 18.2 Å². The van der Waals surface area contributed by atoms with Gasteiger partial charge in [0.25, 0.3) is 5.91 Å². The summed E-state index contributed by atoms with van der Waals surface area (Å²) in [5.41, 5.74) is 7.95. The third kappa shape index (κ3) is 2.66. The Kier molecular flexibility index (Phi) is 4.04. The number of ether oxygens (including phenoxy) is 1. The van der Waals surface area contributed by atoms with Crippen LogP contribution < -0.4 is 11.1 Å². The van der Waals surface area contributed by atoms with Crippen molar-refractivity contribution < 1.29 is 9.53 Å². The second-order valence-corrected chi connectivity index (χ2v) is 6.12. The molecule has 0 bridgehead atoms. The van der Waals surface area contributed by atoms with Gasteiger partial charge in [-0.15, -0.1) is 0 Å². The number of anilines is 1. The number of benzene rings is 1. The number of nitrogens with one attached hydrogen (secondary N) is 1. The minimum Gasteiger partial charge on any atom is -0.398 e. The first-order valence-corrected chi connectivity index (χ1v) is 7.14. The van der Waals surface area contributed by atoms with Crippen LogP contribution in [0.1, 0.15) is 43.1 Å². The van der Waals surface area contributed by atoms with Gasteiger partial charge in [-0.3, -0.25) is 4.79 Å². The third-order valence-corrected chi connectivity index (χ3v) is 4.30. The lowest BCUT2D eigenvalue weighted by molar-refractivity contribution is -0.111. The second-order valence-electron chi connectivity index (χ2n) is 6.12. The van der Waals surface area contributed by atoms with Gasteiger partial charge < -0.3 is 15.8 Å². The van der Waals surface area contributed by atoms with Gasteiger partial charge in [-0.1, -0.05) is 25.5 Å². The van der Waals surface area contributed by atoms with Crippen molar-refractivity contribution in [2.24, 2.45) is 5.41 Å². The van der Waals surface area contributed by atoms with E-state index >= 15 is 0 Å². The van der Waals surface area contributed by atoms with Gasteiger partial charge in [0.05, 0.1) is 11.7 Å². The molecule has 1 aliphatic carbocycles. The van der Waals surface area contributed by atoms with Gasteiger partial charge in [-0.25, -0.2) is 0 Å². The molecule has 2 atom stereocenters. The molecule has 3 N–H and O–H groups in total. The lowest BCUT2D eigenvalue weighted by atomic mass is 9.64. The summed E-state index contributed by atoms with van der Waals surface area (Å²) in [6.07, 6.45) is 1.07. The zero-order chi connectivity index (χ0) is 14.9. The second kappa shape index (κ2) is 5.44. The molecule has 0 saturated heterocycles. The number of nitrogen functional groups attached to an aromatic ring is 1. The Morgan fingerprint density at radius 3 is 2.80 bits per heavy atom. The van der Waals surface area contributed by atoms with E-state index in [-0.39, 0.29) is 23.5 Å². The molecule has 0 heterocycles. The van der Waals surface area contributed by atoms with Crippen molar-refractivity contribution in [3.63, 3.8) is 0 Å². The van der Waals surface area contributed by atoms with Gasteiger partial charge >= 0.3 is 0 Å². The van der Waals surface area contributed by atoms with Crippen molar-refractivity contribution in [2.45, 2.75) is 46.3 Å². The Hall–Kier alpha value is -1.55. The third-order valence-electron chi connectivity index (χ3n) is 4.30. The number of aryl methyl sites for hydroxylation is 1. The SMILES string of the molecule is CCOC1CC(NC(=O)c2cc(C)ccc2N)C1(C)C. The maximum absolute atomic E-state index is 12.3. The van der Waals surface area contributed by atoms with E-state index in [9.17, 15) is 4.79 Å². The number of nitrogens with two attached hydrogens (primary N) is 1. The van der Waals surface area contributed by atoms with Crippen LogP contribution in [-0.4, -0.2) is 24.7 Å². The molecule has 2 unspecified atom stereocenters. The standard InChI is InChI=1S/C16H24N2O2/c1-5-20-14-9-13(16(14,3)4)18-15(19)11-8-10(2)6-7-12(11)17/h6-8,13-14H,5,9,17H2,1-4H3,(H,18,19). The minimum absolute atomic E-state index is 0.0374. The Morgan fingerprint density at radius 2 is 2.20 bits per heavy atom. The Bertz CT molecular complexity index is 511. The predicted octanol–water partition coefficient (Wildman–Crippen LogP) is 2.51. The van der Waals surface area contributed by atoms with Gasteiger partial charge in [0.2, 0.25) is 0 Å². The highest BCUT2D eigenvalue weighted by molar-refractivity contribution is 5.99. The molecule has 0 radical (unpaired) electrons. The van der Waals surface area contributed by atoms with Gasteiger partial charge in [-0.05, 0) is 32.4 Å². The average molecular weight is 276 g/mol. The van der Waals surface area contributed by atoms with Crippen LogP contribution in [0, 0.1) is 12.3 Å². The molecule has 1 aromatic rings. The fraction of sp³-hybridized carbons (Fsp3) is 0.562. The first kappa shape index (κ1) is 14.9. The summed E-state index contributed by atoms with van der Waals surface area (Å²) in [4.78, 5) is 12.3. The van der Waals surface area contributed by atoms with Crippen molar-refractivity contribution in [3.8, 4) is 0 Å². The lowest BCUT2D eigenvalue weighted by Gasteiger charge is -2.51. The number of hydrogen-bond donors (Lipinski definition) is 2. The molecule has 1 aliphatic rings. The quantitative estimate of drug-likeness (QED) is 0.831. The summed E-state index contributed by atoms with van der Waals surface area (Å²) in [6.45, 7) is 8.91. The molecule has 0 aliphatic heterocycles. The zero-order valence-corrected chi connectivity index (χ0v) is 12.7. The van der Waals surface area contributed by atoms with E-state index in [1.54, 1.807) is 6.07 Å². The number of rotatable bonds is 4. The lowest BCUT2D eigenvalue weighted by Crippen LogP contribution is -2.62. The number of carbonyl (C=O) groups excluding carboxylic acids is 1. The molecule has 1 saturated carbocycles. The number of hydrogen-bond acceptors (Lipinski definition) is 3. The minimum atomic E-state index is -0.0979. The van der Waals surface area contributed by atoms with E-state index in [4.69, 9.17) is 10.5 Å². The maximum Gasteiger partial charge on any atom is 0.253 e. The predicted molar refractivity (Wildman–Crippen MR) is 80.7 cm³/mol. The Morgan fingerprint density at radius 1 is 1.50 bits per heavy atom. The normalized spacial score (nSPS) is 24.0. The smallest absolute Gasteiger partial charge is 0.253 e. The zero-order valence-electron chi connectivity index (χ0n) is 12.7. The summed E-state index contributed by atoms with van der Waals surface area (Å²) in [7, 11) is 0. The van der Waals surface area contributed by atoms with Gasteiger partial charge in [0, 0.05) is 23.8 Å². The van der Waals surface area contributed by atoms with E-state index < -0.39 is 0 Å². The van der Waals surface area contributed by atoms with Crippen LogP contribution in [0.5, 0.6) is 0 Å². The molecule has 1 amide bonds. The monoisotopic (exact) mass is 276 g/mol. The van der Waals surface area contributed by atoms with Crippen LogP contribution in [0.2, 0.25) is 0 Å². The highest BCUT2D eigenvalue weighted by Gasteiger charge is 2.49. The highest BCUT2D eigenvalue weighted by atomic mass is 16.5. The summed E-state index contributed by atoms with van der Waals surface area (Å²) < 4.78 is 5.68. The van der Waals surface area contributed by atoms with E-state index in [0.29, 0.717) is 17.9 Å². The van der Waals surface area contributed by atoms with E-state index in [1.165, 1.54) is 0 Å². The first-order valence-electron chi connectivity index (χ1n) is 7.14. The largest absolute Gasteiger partial charge is 0.398 e. The van der Waals surface area contributed by atoms with Crippen molar-refractivity contribution in [1.29, 1.82) is 0 Å². The van der Waals surface area contributed by atoms with E-state index in [0.717, 1.165) is 12.0 Å². The van der Waals surface area contributed by atoms with Crippen molar-refractivity contribution in [1.82, 2.24) is 5.32 Å². The van der Waals surface area contributed by atoms with Crippen LogP contribution in [0.4, 0.5) is 5.69 Å². The summed E-state index contributed by atoms with van der Waals surface area (Å²) in [6, 6.07) is 5.64. The van der Waals surface area contributed by atoms with Crippen LogP contribution in [0.25, 0.3) is 0 Å². The average Bonchev–Trinajstić information content (AvgIpc) is 2.40. The molecule has 1 fully saturated rings. The van der Waals surface area contributed by atoms with Crippen LogP contribution >= 0.6 is 0 Å². The molecule has 4 heteroatoms. The fourth-order valence-corrected chi connectivity index (χ4v) is 2.72. The number of carbonyl (C=O) groups is 1. The van der Waals surface area contributed by atoms with Gasteiger partial charge in [0.1, 0.15) is 0 Å². The van der Waals surface area contributed by atoms with Crippen molar-refractivity contribution in [3.05, 3.63) is 29.3 Å². The molecule has 20 heavy (non-hydrogen) atoms. The van der Waals surface area contributed by atoms with E-state index in [1.807, 2.05) is 26.0 Å².